The molecule has 0 aliphatic carbocycles. The van der Waals surface area contributed by atoms with Gasteiger partial charge in [-0.2, -0.15) is 0 Å². The first-order valence-corrected chi connectivity index (χ1v) is 3.31. The van der Waals surface area contributed by atoms with Gasteiger partial charge in [0.05, 0.1) is 6.61 Å². The van der Waals surface area contributed by atoms with Gasteiger partial charge in [0, 0.05) is 0 Å². The third-order valence-electron chi connectivity index (χ3n) is 0.902. The Morgan fingerprint density at radius 2 is 2.09 bits per heavy atom. The zero-order valence-electron chi connectivity index (χ0n) is 6.33. The minimum Gasteiger partial charge on any atom is -0.434 e. The van der Waals surface area contributed by atoms with Crippen LogP contribution in [0.25, 0.3) is 0 Å². The summed E-state index contributed by atoms with van der Waals surface area (Å²) in [5.41, 5.74) is 4.54. The summed E-state index contributed by atoms with van der Waals surface area (Å²) in [5.74, 6) is 0. The topological polar surface area (TPSA) is 78.6 Å². The second kappa shape index (κ2) is 5.52. The van der Waals surface area contributed by atoms with E-state index in [1.54, 1.807) is 0 Å². The maximum atomic E-state index is 10.4. The number of carbonyl (C=O) groups excluding carboxylic acids is 2. The van der Waals surface area contributed by atoms with Crippen LogP contribution in [0.3, 0.4) is 0 Å². The van der Waals surface area contributed by atoms with Crippen LogP contribution in [-0.4, -0.2) is 18.9 Å². The summed E-state index contributed by atoms with van der Waals surface area (Å²) in [5, 5.41) is 0. The van der Waals surface area contributed by atoms with Crippen LogP contribution in [0.1, 0.15) is 19.8 Å². The number of unbranched alkanes of at least 4 members (excludes halogenated alkanes) is 1. The molecule has 1 amide bonds. The van der Waals surface area contributed by atoms with Crippen LogP contribution in [0.15, 0.2) is 0 Å². The molecule has 0 heterocycles. The average molecular weight is 161 g/mol. The van der Waals surface area contributed by atoms with Crippen molar-refractivity contribution in [2.24, 2.45) is 5.73 Å². The van der Waals surface area contributed by atoms with Gasteiger partial charge in [-0.1, -0.05) is 13.3 Å². The van der Waals surface area contributed by atoms with Crippen molar-refractivity contribution < 1.29 is 19.1 Å². The highest BCUT2D eigenvalue weighted by atomic mass is 16.7. The lowest BCUT2D eigenvalue weighted by Gasteiger charge is -2.00. The molecule has 0 bridgehead atoms. The molecule has 0 radical (unpaired) electrons. The molecule has 5 nitrogen and oxygen atoms in total. The van der Waals surface area contributed by atoms with Crippen molar-refractivity contribution in [1.82, 2.24) is 0 Å². The molecule has 2 N–H and O–H groups in total. The molecule has 0 saturated carbocycles. The Labute approximate surface area is 64.5 Å². The Kier molecular flexibility index (Phi) is 4.89. The number of ether oxygens (including phenoxy) is 2. The number of carbonyl (C=O) groups is 2. The second-order valence-electron chi connectivity index (χ2n) is 1.87. The molecule has 0 aliphatic rings. The molecule has 0 aliphatic heterocycles. The summed E-state index contributed by atoms with van der Waals surface area (Å²) in [4.78, 5) is 20.3. The van der Waals surface area contributed by atoms with Crippen LogP contribution in [0, 0.1) is 0 Å². The Balaban J connectivity index is 3.30. The van der Waals surface area contributed by atoms with Crippen molar-refractivity contribution in [2.75, 3.05) is 6.61 Å². The lowest BCUT2D eigenvalue weighted by molar-refractivity contribution is 0.0772. The molecule has 11 heavy (non-hydrogen) atoms. The molecule has 0 aromatic carbocycles. The Morgan fingerprint density at radius 1 is 1.45 bits per heavy atom. The molecular formula is C6H11NO4. The van der Waals surface area contributed by atoms with Crippen molar-refractivity contribution in [2.45, 2.75) is 19.8 Å². The maximum absolute atomic E-state index is 10.4. The van der Waals surface area contributed by atoms with Crippen LogP contribution >= 0.6 is 0 Å². The highest BCUT2D eigenvalue weighted by molar-refractivity contribution is 5.79. The summed E-state index contributed by atoms with van der Waals surface area (Å²) < 4.78 is 8.31. The van der Waals surface area contributed by atoms with Crippen molar-refractivity contribution in [3.05, 3.63) is 0 Å². The SMILES string of the molecule is CCCCOC(=O)OC(N)=O. The van der Waals surface area contributed by atoms with E-state index < -0.39 is 12.2 Å². The number of primary amides is 1. The number of nitrogens with two attached hydrogens (primary N) is 1. The van der Waals surface area contributed by atoms with E-state index in [1.165, 1.54) is 0 Å². The molecule has 0 aromatic rings. The number of rotatable bonds is 3. The summed E-state index contributed by atoms with van der Waals surface area (Å²) in [6, 6.07) is 0. The zero-order chi connectivity index (χ0) is 8.69. The van der Waals surface area contributed by atoms with E-state index in [0.29, 0.717) is 0 Å². The van der Waals surface area contributed by atoms with E-state index in [0.717, 1.165) is 12.8 Å². The van der Waals surface area contributed by atoms with E-state index in [9.17, 15) is 9.59 Å². The first kappa shape index (κ1) is 9.74. The van der Waals surface area contributed by atoms with Crippen molar-refractivity contribution in [3.63, 3.8) is 0 Å². The van der Waals surface area contributed by atoms with E-state index in [2.05, 4.69) is 15.2 Å². The second-order valence-corrected chi connectivity index (χ2v) is 1.87. The van der Waals surface area contributed by atoms with Gasteiger partial charge in [-0.3, -0.25) is 0 Å². The molecule has 0 fully saturated rings. The van der Waals surface area contributed by atoms with Gasteiger partial charge in [0.15, 0.2) is 0 Å². The molecule has 0 aromatic heterocycles. The lowest BCUT2D eigenvalue weighted by Crippen LogP contribution is -2.19. The standard InChI is InChI=1S/C6H11NO4/c1-2-3-4-10-6(9)11-5(7)8/h2-4H2,1H3,(H2,7,8). The Hall–Kier alpha value is -1.26. The fourth-order valence-electron chi connectivity index (χ4n) is 0.411. The van der Waals surface area contributed by atoms with Gasteiger partial charge in [-0.05, 0) is 6.42 Å². The third-order valence-corrected chi connectivity index (χ3v) is 0.902. The first-order valence-electron chi connectivity index (χ1n) is 3.31. The highest BCUT2D eigenvalue weighted by Crippen LogP contribution is 1.90. The van der Waals surface area contributed by atoms with Crippen LogP contribution in [0.2, 0.25) is 0 Å². The predicted octanol–water partition coefficient (Wildman–Crippen LogP) is 1.02. The van der Waals surface area contributed by atoms with Crippen LogP contribution < -0.4 is 5.73 Å². The van der Waals surface area contributed by atoms with Gasteiger partial charge in [0.1, 0.15) is 0 Å². The summed E-state index contributed by atoms with van der Waals surface area (Å²) in [6.45, 7) is 2.20. The molecular weight excluding hydrogens is 150 g/mol. The molecule has 0 atom stereocenters. The van der Waals surface area contributed by atoms with Gasteiger partial charge >= 0.3 is 12.2 Å². The quantitative estimate of drug-likeness (QED) is 0.380. The highest BCUT2D eigenvalue weighted by Gasteiger charge is 2.05. The average Bonchev–Trinajstić information content (AvgIpc) is 1.86. The smallest absolute Gasteiger partial charge is 0.434 e. The fourth-order valence-corrected chi connectivity index (χ4v) is 0.411. The molecule has 0 saturated heterocycles. The third kappa shape index (κ3) is 6.63. The molecule has 64 valence electrons. The normalized spacial score (nSPS) is 8.82. The van der Waals surface area contributed by atoms with Gasteiger partial charge in [-0.15, -0.1) is 0 Å². The monoisotopic (exact) mass is 161 g/mol. The molecule has 5 heteroatoms. The number of hydrogen-bond donors (Lipinski definition) is 1. The maximum Gasteiger partial charge on any atom is 0.517 e. The lowest BCUT2D eigenvalue weighted by atomic mass is 10.4. The largest absolute Gasteiger partial charge is 0.517 e. The molecule has 0 spiro atoms. The van der Waals surface area contributed by atoms with Crippen LogP contribution in [-0.2, 0) is 9.47 Å². The minimum absolute atomic E-state index is 0.253. The van der Waals surface area contributed by atoms with Crippen LogP contribution in [0.4, 0.5) is 9.59 Å². The summed E-state index contributed by atoms with van der Waals surface area (Å²) in [7, 11) is 0. The minimum atomic E-state index is -1.15. The number of hydrogen-bond acceptors (Lipinski definition) is 4. The molecule has 0 unspecified atom stereocenters. The zero-order valence-corrected chi connectivity index (χ0v) is 6.33. The predicted molar refractivity (Wildman–Crippen MR) is 36.9 cm³/mol. The van der Waals surface area contributed by atoms with Crippen molar-refractivity contribution in [1.29, 1.82) is 0 Å². The van der Waals surface area contributed by atoms with E-state index in [-0.39, 0.29) is 6.61 Å². The van der Waals surface area contributed by atoms with Gasteiger partial charge in [0.2, 0.25) is 0 Å². The molecule has 0 rings (SSSR count). The Morgan fingerprint density at radius 3 is 2.55 bits per heavy atom. The van der Waals surface area contributed by atoms with Gasteiger partial charge in [-0.25, -0.2) is 9.59 Å². The van der Waals surface area contributed by atoms with Gasteiger partial charge < -0.3 is 15.2 Å². The van der Waals surface area contributed by atoms with Crippen molar-refractivity contribution >= 4 is 12.2 Å². The Bertz CT molecular complexity index is 146. The van der Waals surface area contributed by atoms with E-state index >= 15 is 0 Å². The van der Waals surface area contributed by atoms with E-state index in [1.807, 2.05) is 6.92 Å². The van der Waals surface area contributed by atoms with Crippen molar-refractivity contribution in [3.8, 4) is 0 Å². The number of amides is 1. The van der Waals surface area contributed by atoms with Crippen LogP contribution in [0.5, 0.6) is 0 Å². The first-order chi connectivity index (χ1) is 5.16. The summed E-state index contributed by atoms with van der Waals surface area (Å²) in [6.07, 6.45) is -0.532. The summed E-state index contributed by atoms with van der Waals surface area (Å²) >= 11 is 0. The van der Waals surface area contributed by atoms with Gasteiger partial charge in [0.25, 0.3) is 0 Å². The fraction of sp³-hybridized carbons (Fsp3) is 0.667. The van der Waals surface area contributed by atoms with E-state index in [4.69, 9.17) is 0 Å².